The molecule has 0 aliphatic heterocycles. The van der Waals surface area contributed by atoms with E-state index < -0.39 is 5.97 Å². The van der Waals surface area contributed by atoms with Crippen LogP contribution in [-0.2, 0) is 6.61 Å². The van der Waals surface area contributed by atoms with Crippen molar-refractivity contribution in [1.29, 1.82) is 5.26 Å². The van der Waals surface area contributed by atoms with Crippen LogP contribution in [-0.4, -0.2) is 26.5 Å². The molecular formula is C17H12N4O3. The number of aromatic nitrogens is 3. The summed E-state index contributed by atoms with van der Waals surface area (Å²) < 4.78 is 5.38. The van der Waals surface area contributed by atoms with E-state index in [4.69, 9.17) is 15.1 Å². The average Bonchev–Trinajstić information content (AvgIpc) is 3.09. The fourth-order valence-electron chi connectivity index (χ4n) is 2.14. The molecule has 0 aliphatic rings. The molecule has 0 unspecified atom stereocenters. The molecule has 0 radical (unpaired) electrons. The molecule has 24 heavy (non-hydrogen) atoms. The van der Waals surface area contributed by atoms with Crippen molar-refractivity contribution in [2.24, 2.45) is 0 Å². The smallest absolute Gasteiger partial charge is 0.359 e. The summed E-state index contributed by atoms with van der Waals surface area (Å²) in [7, 11) is 0. The average molecular weight is 320 g/mol. The maximum absolute atomic E-state index is 10.9. The third-order valence-corrected chi connectivity index (χ3v) is 3.41. The number of aromatic carboxylic acids is 1. The monoisotopic (exact) mass is 320 g/mol. The largest absolute Gasteiger partial charge is 0.476 e. The molecular weight excluding hydrogens is 308 g/mol. The summed E-state index contributed by atoms with van der Waals surface area (Å²) in [5.41, 5.74) is 3.32. The highest BCUT2D eigenvalue weighted by Crippen LogP contribution is 2.21. The Balaban J connectivity index is 1.69. The van der Waals surface area contributed by atoms with E-state index in [2.05, 4.69) is 21.5 Å². The van der Waals surface area contributed by atoms with Crippen molar-refractivity contribution in [3.8, 4) is 23.1 Å². The number of hydrogen-bond donors (Lipinski definition) is 2. The molecule has 1 aromatic heterocycles. The Hall–Kier alpha value is -3.66. The molecule has 118 valence electrons. The van der Waals surface area contributed by atoms with E-state index in [1.54, 1.807) is 12.1 Å². The van der Waals surface area contributed by atoms with Crippen LogP contribution in [0.25, 0.3) is 11.1 Å². The van der Waals surface area contributed by atoms with Crippen molar-refractivity contribution in [2.45, 2.75) is 6.61 Å². The standard InChI is InChI=1S/C17H12N4O3/c18-9-11-1-5-13(6-2-11)14-7-3-12(4-8-14)10-24-16-15(17(22)23)19-21-20-16/h1-8H,10H2,(H,22,23)(H,19,20,21). The molecule has 0 saturated carbocycles. The van der Waals surface area contributed by atoms with Crippen molar-refractivity contribution >= 4 is 5.97 Å². The Bertz CT molecular complexity index is 893. The second-order valence-corrected chi connectivity index (χ2v) is 4.97. The van der Waals surface area contributed by atoms with Gasteiger partial charge < -0.3 is 9.84 Å². The normalized spacial score (nSPS) is 10.1. The first-order valence-electron chi connectivity index (χ1n) is 7.04. The number of rotatable bonds is 5. The van der Waals surface area contributed by atoms with E-state index in [1.165, 1.54) is 0 Å². The van der Waals surface area contributed by atoms with Gasteiger partial charge >= 0.3 is 5.97 Å². The predicted octanol–water partition coefficient (Wildman–Crippen LogP) is 2.62. The molecule has 0 atom stereocenters. The fourth-order valence-corrected chi connectivity index (χ4v) is 2.14. The van der Waals surface area contributed by atoms with Crippen LogP contribution >= 0.6 is 0 Å². The summed E-state index contributed by atoms with van der Waals surface area (Å²) in [4.78, 5) is 10.9. The number of carbonyl (C=O) groups is 1. The molecule has 7 nitrogen and oxygen atoms in total. The van der Waals surface area contributed by atoms with Gasteiger partial charge in [-0.2, -0.15) is 5.26 Å². The van der Waals surface area contributed by atoms with Gasteiger partial charge in [0.15, 0.2) is 0 Å². The number of hydrogen-bond acceptors (Lipinski definition) is 5. The highest BCUT2D eigenvalue weighted by Gasteiger charge is 2.15. The Kier molecular flexibility index (Phi) is 4.21. The minimum absolute atomic E-state index is 0.0429. The van der Waals surface area contributed by atoms with Gasteiger partial charge in [-0.1, -0.05) is 46.7 Å². The van der Waals surface area contributed by atoms with E-state index in [0.717, 1.165) is 16.7 Å². The summed E-state index contributed by atoms with van der Waals surface area (Å²) in [6.45, 7) is 0.181. The number of ether oxygens (including phenoxy) is 1. The molecule has 0 bridgehead atoms. The molecule has 3 rings (SSSR count). The lowest BCUT2D eigenvalue weighted by Gasteiger charge is -2.06. The van der Waals surface area contributed by atoms with Gasteiger partial charge in [0, 0.05) is 0 Å². The van der Waals surface area contributed by atoms with Gasteiger partial charge in [0.2, 0.25) is 5.69 Å². The van der Waals surface area contributed by atoms with Gasteiger partial charge in [0.25, 0.3) is 5.88 Å². The first-order valence-corrected chi connectivity index (χ1v) is 7.04. The summed E-state index contributed by atoms with van der Waals surface area (Å²) >= 11 is 0. The van der Waals surface area contributed by atoms with E-state index >= 15 is 0 Å². The number of carboxylic acids is 1. The van der Waals surface area contributed by atoms with Gasteiger partial charge in [-0.05, 0) is 28.8 Å². The summed E-state index contributed by atoms with van der Waals surface area (Å²) in [6.07, 6.45) is 0. The molecule has 3 aromatic rings. The number of nitriles is 1. The lowest BCUT2D eigenvalue weighted by Crippen LogP contribution is -2.03. The maximum atomic E-state index is 10.9. The molecule has 0 spiro atoms. The van der Waals surface area contributed by atoms with Crippen LogP contribution in [0.2, 0.25) is 0 Å². The molecule has 0 aliphatic carbocycles. The minimum atomic E-state index is -1.17. The highest BCUT2D eigenvalue weighted by molar-refractivity contribution is 5.87. The number of H-pyrrole nitrogens is 1. The molecule has 2 aromatic carbocycles. The van der Waals surface area contributed by atoms with Crippen LogP contribution in [0.4, 0.5) is 0 Å². The zero-order chi connectivity index (χ0) is 16.9. The summed E-state index contributed by atoms with van der Waals surface area (Å²) in [6, 6.07) is 17.0. The quantitative estimate of drug-likeness (QED) is 0.747. The van der Waals surface area contributed by atoms with Crippen molar-refractivity contribution in [3.05, 3.63) is 65.4 Å². The van der Waals surface area contributed by atoms with Crippen LogP contribution in [0.1, 0.15) is 21.6 Å². The molecule has 0 fully saturated rings. The molecule has 7 heteroatoms. The van der Waals surface area contributed by atoms with E-state index in [1.807, 2.05) is 36.4 Å². The number of benzene rings is 2. The summed E-state index contributed by atoms with van der Waals surface area (Å²) in [5.74, 6) is -1.22. The van der Waals surface area contributed by atoms with Gasteiger partial charge in [-0.3, -0.25) is 0 Å². The Morgan fingerprint density at radius 3 is 2.33 bits per heavy atom. The Labute approximate surface area is 137 Å². The number of nitrogens with zero attached hydrogens (tertiary/aromatic N) is 3. The van der Waals surface area contributed by atoms with Crippen molar-refractivity contribution in [1.82, 2.24) is 15.4 Å². The third kappa shape index (κ3) is 3.23. The Morgan fingerprint density at radius 2 is 1.75 bits per heavy atom. The van der Waals surface area contributed by atoms with Gasteiger partial charge in [-0.15, -0.1) is 0 Å². The molecule has 0 amide bonds. The third-order valence-electron chi connectivity index (χ3n) is 3.41. The van der Waals surface area contributed by atoms with Crippen LogP contribution in [0, 0.1) is 11.3 Å². The highest BCUT2D eigenvalue weighted by atomic mass is 16.5. The van der Waals surface area contributed by atoms with E-state index in [0.29, 0.717) is 5.56 Å². The topological polar surface area (TPSA) is 112 Å². The van der Waals surface area contributed by atoms with Crippen molar-refractivity contribution in [3.63, 3.8) is 0 Å². The zero-order valence-corrected chi connectivity index (χ0v) is 12.4. The second kappa shape index (κ2) is 6.62. The van der Waals surface area contributed by atoms with Gasteiger partial charge in [0.1, 0.15) is 6.61 Å². The predicted molar refractivity (Wildman–Crippen MR) is 84.3 cm³/mol. The van der Waals surface area contributed by atoms with E-state index in [-0.39, 0.29) is 18.2 Å². The van der Waals surface area contributed by atoms with Crippen molar-refractivity contribution in [2.75, 3.05) is 0 Å². The zero-order valence-electron chi connectivity index (χ0n) is 12.4. The molecule has 1 heterocycles. The van der Waals surface area contributed by atoms with Crippen molar-refractivity contribution < 1.29 is 14.6 Å². The fraction of sp³-hybridized carbons (Fsp3) is 0.0588. The minimum Gasteiger partial charge on any atom is -0.476 e. The van der Waals surface area contributed by atoms with Crippen LogP contribution in [0.3, 0.4) is 0 Å². The lowest BCUT2D eigenvalue weighted by atomic mass is 10.0. The number of aromatic amines is 1. The maximum Gasteiger partial charge on any atom is 0.359 e. The first kappa shape index (κ1) is 15.2. The van der Waals surface area contributed by atoms with Gasteiger partial charge in [0.05, 0.1) is 11.6 Å². The lowest BCUT2D eigenvalue weighted by molar-refractivity contribution is 0.0685. The van der Waals surface area contributed by atoms with E-state index in [9.17, 15) is 4.79 Å². The van der Waals surface area contributed by atoms with Crippen LogP contribution in [0.15, 0.2) is 48.5 Å². The number of nitrogens with one attached hydrogen (secondary N) is 1. The second-order valence-electron chi connectivity index (χ2n) is 4.97. The summed E-state index contributed by atoms with van der Waals surface area (Å²) in [5, 5.41) is 27.0. The SMILES string of the molecule is N#Cc1ccc(-c2ccc(COc3nn[nH]c3C(=O)O)cc2)cc1. The molecule has 2 N–H and O–H groups in total. The first-order chi connectivity index (χ1) is 11.7. The van der Waals surface area contributed by atoms with Crippen LogP contribution in [0.5, 0.6) is 5.88 Å². The Morgan fingerprint density at radius 1 is 1.12 bits per heavy atom. The molecule has 0 saturated heterocycles. The van der Waals surface area contributed by atoms with Crippen LogP contribution < -0.4 is 4.74 Å². The van der Waals surface area contributed by atoms with Gasteiger partial charge in [-0.25, -0.2) is 9.89 Å². The number of carboxylic acid groups (broad SMARTS) is 1.